The number of carbonyl (C=O) groups excluding carboxylic acids is 1. The number of methoxy groups -OCH3 is 2. The third-order valence-corrected chi connectivity index (χ3v) is 3.66. The van der Waals surface area contributed by atoms with Gasteiger partial charge in [-0.1, -0.05) is 6.92 Å². The normalized spacial score (nSPS) is 26.5. The molecule has 0 aromatic rings. The van der Waals surface area contributed by atoms with E-state index in [1.165, 1.54) is 14.2 Å². The van der Waals surface area contributed by atoms with Crippen LogP contribution in [0.25, 0.3) is 0 Å². The molecule has 98 valence electrons. The fourth-order valence-corrected chi connectivity index (χ4v) is 2.52. The van der Waals surface area contributed by atoms with Gasteiger partial charge in [0.25, 0.3) is 0 Å². The fourth-order valence-electron chi connectivity index (χ4n) is 2.52. The van der Waals surface area contributed by atoms with Crippen LogP contribution in [0.5, 0.6) is 0 Å². The lowest BCUT2D eigenvalue weighted by molar-refractivity contribution is -0.146. The lowest BCUT2D eigenvalue weighted by atomic mass is 9.83. The molecule has 0 spiro atoms. The van der Waals surface area contributed by atoms with Crippen LogP contribution >= 0.6 is 0 Å². The van der Waals surface area contributed by atoms with Gasteiger partial charge in [-0.15, -0.1) is 0 Å². The minimum absolute atomic E-state index is 0.104. The first kappa shape index (κ1) is 14.1. The number of rotatable bonds is 6. The highest BCUT2D eigenvalue weighted by Crippen LogP contribution is 2.37. The van der Waals surface area contributed by atoms with Crippen LogP contribution in [-0.4, -0.2) is 37.4 Å². The van der Waals surface area contributed by atoms with E-state index in [-0.39, 0.29) is 17.6 Å². The van der Waals surface area contributed by atoms with Gasteiger partial charge in [-0.3, -0.25) is 9.59 Å². The van der Waals surface area contributed by atoms with E-state index in [9.17, 15) is 9.59 Å². The first-order chi connectivity index (χ1) is 8.01. The van der Waals surface area contributed by atoms with Crippen LogP contribution in [-0.2, 0) is 19.1 Å². The topological polar surface area (TPSA) is 72.8 Å². The molecule has 1 fully saturated rings. The second-order valence-electron chi connectivity index (χ2n) is 4.54. The summed E-state index contributed by atoms with van der Waals surface area (Å²) in [5.74, 6) is -1.58. The first-order valence-corrected chi connectivity index (χ1v) is 5.82. The molecule has 5 nitrogen and oxygen atoms in total. The minimum Gasteiger partial charge on any atom is -0.481 e. The minimum atomic E-state index is -0.846. The Hall–Kier alpha value is -0.940. The Kier molecular flexibility index (Phi) is 5.08. The molecule has 0 amide bonds. The molecule has 1 N–H and O–H groups in total. The quantitative estimate of drug-likeness (QED) is 0.713. The number of hydrogen-bond donors (Lipinski definition) is 1. The smallest absolute Gasteiger partial charge is 0.306 e. The van der Waals surface area contributed by atoms with Gasteiger partial charge in [-0.25, -0.2) is 0 Å². The molecule has 0 saturated heterocycles. The summed E-state index contributed by atoms with van der Waals surface area (Å²) in [7, 11) is 3.03. The number of carbonyl (C=O) groups is 2. The van der Waals surface area contributed by atoms with E-state index >= 15 is 0 Å². The Bertz CT molecular complexity index is 285. The van der Waals surface area contributed by atoms with Crippen molar-refractivity contribution in [1.82, 2.24) is 0 Å². The zero-order valence-corrected chi connectivity index (χ0v) is 10.5. The van der Waals surface area contributed by atoms with Crippen LogP contribution in [0, 0.1) is 17.8 Å². The van der Waals surface area contributed by atoms with Gasteiger partial charge in [0.1, 0.15) is 5.78 Å². The summed E-state index contributed by atoms with van der Waals surface area (Å²) >= 11 is 0. The van der Waals surface area contributed by atoms with Gasteiger partial charge in [0.05, 0.1) is 5.92 Å². The number of carboxylic acids is 1. The Morgan fingerprint density at radius 3 is 2.53 bits per heavy atom. The summed E-state index contributed by atoms with van der Waals surface area (Å²) in [5, 5.41) is 9.02. The van der Waals surface area contributed by atoms with E-state index in [1.54, 1.807) is 6.92 Å². The first-order valence-electron chi connectivity index (χ1n) is 5.82. The molecule has 0 aliphatic heterocycles. The van der Waals surface area contributed by atoms with E-state index in [0.29, 0.717) is 19.3 Å². The number of carboxylic acid groups (broad SMARTS) is 1. The van der Waals surface area contributed by atoms with Crippen molar-refractivity contribution in [2.45, 2.75) is 32.5 Å². The van der Waals surface area contributed by atoms with Crippen molar-refractivity contribution in [1.29, 1.82) is 0 Å². The van der Waals surface area contributed by atoms with Gasteiger partial charge in [0.2, 0.25) is 0 Å². The van der Waals surface area contributed by atoms with Gasteiger partial charge < -0.3 is 14.6 Å². The van der Waals surface area contributed by atoms with Crippen molar-refractivity contribution in [3.63, 3.8) is 0 Å². The molecule has 0 heterocycles. The van der Waals surface area contributed by atoms with E-state index in [0.717, 1.165) is 0 Å². The third kappa shape index (κ3) is 3.26. The van der Waals surface area contributed by atoms with E-state index in [1.807, 2.05) is 0 Å². The maximum atomic E-state index is 11.8. The number of hydrogen-bond acceptors (Lipinski definition) is 4. The highest BCUT2D eigenvalue weighted by molar-refractivity contribution is 5.84. The molecule has 0 aromatic heterocycles. The number of aliphatic carboxylic acids is 1. The summed E-state index contributed by atoms with van der Waals surface area (Å²) in [6, 6.07) is 0. The van der Waals surface area contributed by atoms with Crippen LogP contribution in [0.2, 0.25) is 0 Å². The summed E-state index contributed by atoms with van der Waals surface area (Å²) in [6.07, 6.45) is 1.11. The molecule has 0 bridgehead atoms. The molecule has 1 rings (SSSR count). The molecule has 5 heteroatoms. The number of ketones is 1. The number of ether oxygens (including phenoxy) is 2. The van der Waals surface area contributed by atoms with Crippen LogP contribution in [0.1, 0.15) is 26.2 Å². The molecular formula is C12H20O5. The standard InChI is InChI=1S/C12H20O5/c1-7(12(14)15)8-4-5-10(13)9(8)6-11(16-2)17-3/h7-9,11H,4-6H2,1-3H3,(H,14,15)/t7?,8-,9?/m0/s1. The highest BCUT2D eigenvalue weighted by atomic mass is 16.7. The summed E-state index contributed by atoms with van der Waals surface area (Å²) in [5.41, 5.74) is 0. The van der Waals surface area contributed by atoms with Crippen molar-refractivity contribution in [2.24, 2.45) is 17.8 Å². The van der Waals surface area contributed by atoms with Crippen molar-refractivity contribution >= 4 is 11.8 Å². The molecule has 0 radical (unpaired) electrons. The molecule has 1 saturated carbocycles. The average Bonchev–Trinajstić information content (AvgIpc) is 2.66. The molecule has 1 aliphatic carbocycles. The number of Topliss-reactive ketones (excluding diaryl/α,β-unsaturated/α-hetero) is 1. The molecule has 0 aromatic carbocycles. The lowest BCUT2D eigenvalue weighted by Crippen LogP contribution is -2.30. The van der Waals surface area contributed by atoms with Crippen LogP contribution in [0.15, 0.2) is 0 Å². The van der Waals surface area contributed by atoms with Gasteiger partial charge in [-0.05, 0) is 12.3 Å². The zero-order chi connectivity index (χ0) is 13.0. The molecule has 17 heavy (non-hydrogen) atoms. The third-order valence-electron chi connectivity index (χ3n) is 3.66. The Morgan fingerprint density at radius 1 is 1.47 bits per heavy atom. The van der Waals surface area contributed by atoms with E-state index in [2.05, 4.69) is 0 Å². The molecule has 3 atom stereocenters. The maximum Gasteiger partial charge on any atom is 0.306 e. The summed E-state index contributed by atoms with van der Waals surface area (Å²) < 4.78 is 10.2. The SMILES string of the molecule is COC(CC1C(=O)CC[C@H]1C(C)C(=O)O)OC. The van der Waals surface area contributed by atoms with Gasteiger partial charge in [0.15, 0.2) is 6.29 Å². The van der Waals surface area contributed by atoms with Crippen LogP contribution in [0.3, 0.4) is 0 Å². The van der Waals surface area contributed by atoms with Crippen molar-refractivity contribution in [2.75, 3.05) is 14.2 Å². The summed E-state index contributed by atoms with van der Waals surface area (Å²) in [6.45, 7) is 1.66. The highest BCUT2D eigenvalue weighted by Gasteiger charge is 2.41. The predicted molar refractivity (Wildman–Crippen MR) is 60.4 cm³/mol. The Morgan fingerprint density at radius 2 is 2.06 bits per heavy atom. The second kappa shape index (κ2) is 6.12. The van der Waals surface area contributed by atoms with Gasteiger partial charge >= 0.3 is 5.97 Å². The molecule has 2 unspecified atom stereocenters. The Balaban J connectivity index is 2.71. The zero-order valence-electron chi connectivity index (χ0n) is 10.5. The average molecular weight is 244 g/mol. The summed E-state index contributed by atoms with van der Waals surface area (Å²) in [4.78, 5) is 22.8. The maximum absolute atomic E-state index is 11.8. The van der Waals surface area contributed by atoms with Crippen molar-refractivity contribution in [3.8, 4) is 0 Å². The monoisotopic (exact) mass is 244 g/mol. The second-order valence-corrected chi connectivity index (χ2v) is 4.54. The van der Waals surface area contributed by atoms with Crippen molar-refractivity contribution < 1.29 is 24.2 Å². The van der Waals surface area contributed by atoms with E-state index in [4.69, 9.17) is 14.6 Å². The van der Waals surface area contributed by atoms with Gasteiger partial charge in [0, 0.05) is 33.0 Å². The van der Waals surface area contributed by atoms with Crippen molar-refractivity contribution in [3.05, 3.63) is 0 Å². The van der Waals surface area contributed by atoms with Gasteiger partial charge in [-0.2, -0.15) is 0 Å². The predicted octanol–water partition coefficient (Wildman–Crippen LogP) is 1.31. The van der Waals surface area contributed by atoms with Crippen LogP contribution in [0.4, 0.5) is 0 Å². The Labute approximate surface area is 101 Å². The largest absolute Gasteiger partial charge is 0.481 e. The molecule has 1 aliphatic rings. The van der Waals surface area contributed by atoms with E-state index < -0.39 is 18.2 Å². The fraction of sp³-hybridized carbons (Fsp3) is 0.833. The lowest BCUT2D eigenvalue weighted by Gasteiger charge is -2.24. The van der Waals surface area contributed by atoms with Crippen LogP contribution < -0.4 is 0 Å². The molecular weight excluding hydrogens is 224 g/mol.